The zero-order valence-electron chi connectivity index (χ0n) is 12.9. The summed E-state index contributed by atoms with van der Waals surface area (Å²) in [5.74, 6) is 0.987. The molecule has 1 atom stereocenters. The lowest BCUT2D eigenvalue weighted by atomic mass is 10.1. The zero-order valence-corrected chi connectivity index (χ0v) is 12.9. The minimum absolute atomic E-state index is 0.677. The second-order valence-electron chi connectivity index (χ2n) is 5.61. The first-order valence-corrected chi connectivity index (χ1v) is 7.99. The predicted molar refractivity (Wildman–Crippen MR) is 84.2 cm³/mol. The summed E-state index contributed by atoms with van der Waals surface area (Å²) < 4.78 is 5.59. The average molecular weight is 276 g/mol. The highest BCUT2D eigenvalue weighted by molar-refractivity contribution is 5.28. The van der Waals surface area contributed by atoms with Gasteiger partial charge in [0.25, 0.3) is 0 Å². The molecule has 1 aromatic carbocycles. The van der Waals surface area contributed by atoms with Crippen molar-refractivity contribution in [1.29, 1.82) is 0 Å². The molecular weight excluding hydrogens is 248 g/mol. The fourth-order valence-electron chi connectivity index (χ4n) is 2.93. The summed E-state index contributed by atoms with van der Waals surface area (Å²) in [5, 5.41) is 3.60. The van der Waals surface area contributed by atoms with Gasteiger partial charge >= 0.3 is 0 Å². The number of nitrogens with one attached hydrogen (secondary N) is 1. The number of hydrogen-bond donors (Lipinski definition) is 1. The molecule has 1 saturated heterocycles. The van der Waals surface area contributed by atoms with Crippen LogP contribution in [0.25, 0.3) is 0 Å². The molecule has 0 amide bonds. The first kappa shape index (κ1) is 15.3. The third-order valence-electron chi connectivity index (χ3n) is 3.80. The number of rotatable bonds is 8. The molecule has 0 radical (unpaired) electrons. The van der Waals surface area contributed by atoms with Gasteiger partial charge in [0.15, 0.2) is 0 Å². The Balaban J connectivity index is 1.93. The number of hydrogen-bond acceptors (Lipinski definition) is 3. The molecule has 0 spiro atoms. The standard InChI is InChI=1S/C17H28N2O/c1-3-11-19(14-16-8-6-10-18-16)13-15-7-5-9-17(12-15)20-4-2/h5,7,9,12,16,18H,3-4,6,8,10-11,13-14H2,1-2H3. The van der Waals surface area contributed by atoms with Crippen molar-refractivity contribution in [3.05, 3.63) is 29.8 Å². The first-order valence-electron chi connectivity index (χ1n) is 7.99. The molecule has 1 N–H and O–H groups in total. The summed E-state index contributed by atoms with van der Waals surface area (Å²) in [6.45, 7) is 9.54. The van der Waals surface area contributed by atoms with Crippen LogP contribution in [-0.2, 0) is 6.54 Å². The van der Waals surface area contributed by atoms with E-state index in [1.165, 1.54) is 31.4 Å². The molecule has 20 heavy (non-hydrogen) atoms. The summed E-state index contributed by atoms with van der Waals surface area (Å²) in [6.07, 6.45) is 3.85. The predicted octanol–water partition coefficient (Wildman–Crippen LogP) is 3.05. The molecule has 1 aliphatic heterocycles. The lowest BCUT2D eigenvalue weighted by Crippen LogP contribution is -2.37. The second kappa shape index (κ2) is 8.28. The molecule has 1 unspecified atom stereocenters. The van der Waals surface area contributed by atoms with Crippen molar-refractivity contribution in [1.82, 2.24) is 10.2 Å². The third kappa shape index (κ3) is 4.80. The molecule has 112 valence electrons. The first-order chi connectivity index (χ1) is 9.81. The Morgan fingerprint density at radius 1 is 1.35 bits per heavy atom. The third-order valence-corrected chi connectivity index (χ3v) is 3.80. The lowest BCUT2D eigenvalue weighted by molar-refractivity contribution is 0.241. The minimum atomic E-state index is 0.677. The monoisotopic (exact) mass is 276 g/mol. The molecule has 0 bridgehead atoms. The average Bonchev–Trinajstić information content (AvgIpc) is 2.93. The smallest absolute Gasteiger partial charge is 0.119 e. The van der Waals surface area contributed by atoms with E-state index in [1.54, 1.807) is 0 Å². The van der Waals surface area contributed by atoms with Crippen LogP contribution in [0.2, 0.25) is 0 Å². The van der Waals surface area contributed by atoms with Crippen LogP contribution in [0.5, 0.6) is 5.75 Å². The van der Waals surface area contributed by atoms with Crippen LogP contribution in [-0.4, -0.2) is 37.2 Å². The van der Waals surface area contributed by atoms with Gasteiger partial charge in [0.2, 0.25) is 0 Å². The largest absolute Gasteiger partial charge is 0.494 e. The van der Waals surface area contributed by atoms with Crippen molar-refractivity contribution < 1.29 is 4.74 Å². The highest BCUT2D eigenvalue weighted by Crippen LogP contribution is 2.16. The van der Waals surface area contributed by atoms with Gasteiger partial charge < -0.3 is 10.1 Å². The Kier molecular flexibility index (Phi) is 6.34. The van der Waals surface area contributed by atoms with Crippen molar-refractivity contribution >= 4 is 0 Å². The maximum absolute atomic E-state index is 5.59. The molecule has 0 saturated carbocycles. The van der Waals surface area contributed by atoms with Crippen molar-refractivity contribution in [3.63, 3.8) is 0 Å². The molecule has 3 heteroatoms. The molecular formula is C17H28N2O. The van der Waals surface area contributed by atoms with Crippen LogP contribution < -0.4 is 10.1 Å². The van der Waals surface area contributed by atoms with E-state index in [2.05, 4.69) is 35.3 Å². The maximum atomic E-state index is 5.59. The summed E-state index contributed by atoms with van der Waals surface area (Å²) >= 11 is 0. The Bertz CT molecular complexity index is 388. The topological polar surface area (TPSA) is 24.5 Å². The number of benzene rings is 1. The molecule has 1 heterocycles. The van der Waals surface area contributed by atoms with E-state index in [1.807, 2.05) is 13.0 Å². The summed E-state index contributed by atoms with van der Waals surface area (Å²) in [4.78, 5) is 2.56. The quantitative estimate of drug-likeness (QED) is 0.790. The molecule has 1 aromatic rings. The van der Waals surface area contributed by atoms with E-state index in [4.69, 9.17) is 4.74 Å². The van der Waals surface area contributed by atoms with E-state index in [0.717, 1.165) is 32.0 Å². The number of nitrogens with zero attached hydrogens (tertiary/aromatic N) is 1. The van der Waals surface area contributed by atoms with Gasteiger partial charge in [0, 0.05) is 19.1 Å². The minimum Gasteiger partial charge on any atom is -0.494 e. The Morgan fingerprint density at radius 2 is 2.25 bits per heavy atom. The van der Waals surface area contributed by atoms with Crippen LogP contribution >= 0.6 is 0 Å². The molecule has 0 aliphatic carbocycles. The van der Waals surface area contributed by atoms with Gasteiger partial charge in [-0.25, -0.2) is 0 Å². The highest BCUT2D eigenvalue weighted by Gasteiger charge is 2.17. The Labute approximate surface area is 123 Å². The molecule has 1 aliphatic rings. The van der Waals surface area contributed by atoms with Gasteiger partial charge in [-0.1, -0.05) is 19.1 Å². The van der Waals surface area contributed by atoms with E-state index in [9.17, 15) is 0 Å². The maximum Gasteiger partial charge on any atom is 0.119 e. The van der Waals surface area contributed by atoms with Gasteiger partial charge in [-0.2, -0.15) is 0 Å². The van der Waals surface area contributed by atoms with Gasteiger partial charge in [0.05, 0.1) is 6.61 Å². The lowest BCUT2D eigenvalue weighted by Gasteiger charge is -2.25. The number of ether oxygens (including phenoxy) is 1. The fourth-order valence-corrected chi connectivity index (χ4v) is 2.93. The van der Waals surface area contributed by atoms with Gasteiger partial charge in [0.1, 0.15) is 5.75 Å². The Hall–Kier alpha value is -1.06. The summed E-state index contributed by atoms with van der Waals surface area (Å²) in [7, 11) is 0. The van der Waals surface area contributed by atoms with E-state index in [-0.39, 0.29) is 0 Å². The second-order valence-corrected chi connectivity index (χ2v) is 5.61. The van der Waals surface area contributed by atoms with Crippen LogP contribution in [0, 0.1) is 0 Å². The molecule has 1 fully saturated rings. The van der Waals surface area contributed by atoms with Gasteiger partial charge in [-0.05, 0) is 57.0 Å². The van der Waals surface area contributed by atoms with Crippen molar-refractivity contribution in [2.75, 3.05) is 26.2 Å². The SMILES string of the molecule is CCCN(Cc1cccc(OCC)c1)CC1CCCN1. The van der Waals surface area contributed by atoms with Crippen LogP contribution in [0.3, 0.4) is 0 Å². The summed E-state index contributed by atoms with van der Waals surface area (Å²) in [5.41, 5.74) is 1.35. The van der Waals surface area contributed by atoms with Crippen molar-refractivity contribution in [3.8, 4) is 5.75 Å². The van der Waals surface area contributed by atoms with E-state index in [0.29, 0.717) is 6.04 Å². The molecule has 0 aromatic heterocycles. The van der Waals surface area contributed by atoms with Gasteiger partial charge in [-0.3, -0.25) is 4.90 Å². The summed E-state index contributed by atoms with van der Waals surface area (Å²) in [6, 6.07) is 9.19. The van der Waals surface area contributed by atoms with Crippen molar-refractivity contribution in [2.45, 2.75) is 45.7 Å². The zero-order chi connectivity index (χ0) is 14.2. The molecule has 2 rings (SSSR count). The van der Waals surface area contributed by atoms with Crippen LogP contribution in [0.4, 0.5) is 0 Å². The normalized spacial score (nSPS) is 18.6. The fraction of sp³-hybridized carbons (Fsp3) is 0.647. The van der Waals surface area contributed by atoms with Crippen LogP contribution in [0.1, 0.15) is 38.7 Å². The molecule has 3 nitrogen and oxygen atoms in total. The van der Waals surface area contributed by atoms with E-state index < -0.39 is 0 Å². The van der Waals surface area contributed by atoms with Crippen molar-refractivity contribution in [2.24, 2.45) is 0 Å². The van der Waals surface area contributed by atoms with Gasteiger partial charge in [-0.15, -0.1) is 0 Å². The Morgan fingerprint density at radius 3 is 2.95 bits per heavy atom. The van der Waals surface area contributed by atoms with Crippen LogP contribution in [0.15, 0.2) is 24.3 Å². The highest BCUT2D eigenvalue weighted by atomic mass is 16.5. The van der Waals surface area contributed by atoms with E-state index >= 15 is 0 Å².